The van der Waals surface area contributed by atoms with Gasteiger partial charge in [-0.1, -0.05) is 34.9 Å². The van der Waals surface area contributed by atoms with Gasteiger partial charge in [-0.05, 0) is 84.6 Å². The first-order chi connectivity index (χ1) is 19.8. The van der Waals surface area contributed by atoms with Gasteiger partial charge >= 0.3 is 17.9 Å². The second-order valence-corrected chi connectivity index (χ2v) is 10.9. The van der Waals surface area contributed by atoms with Crippen LogP contribution in [0.5, 0.6) is 17.2 Å². The molecule has 222 valence electrons. The molecular formula is C35H40O7. The Balaban J connectivity index is 2.21. The van der Waals surface area contributed by atoms with Crippen LogP contribution in [0.3, 0.4) is 0 Å². The van der Waals surface area contributed by atoms with E-state index in [1.807, 2.05) is 32.1 Å². The molecule has 42 heavy (non-hydrogen) atoms. The predicted octanol–water partition coefficient (Wildman–Crippen LogP) is 8.62. The molecule has 0 aliphatic heterocycles. The quantitative estimate of drug-likeness (QED) is 0.129. The Hall–Kier alpha value is -4.39. The van der Waals surface area contributed by atoms with Gasteiger partial charge < -0.3 is 18.6 Å². The highest BCUT2D eigenvalue weighted by molar-refractivity contribution is 5.89. The van der Waals surface area contributed by atoms with Gasteiger partial charge in [0.05, 0.1) is 0 Å². The van der Waals surface area contributed by atoms with Gasteiger partial charge in [0.15, 0.2) is 0 Å². The molecule has 0 aliphatic carbocycles. The molecule has 3 aromatic rings. The maximum atomic E-state index is 12.0. The van der Waals surface area contributed by atoms with E-state index in [1.165, 1.54) is 38.0 Å². The summed E-state index contributed by atoms with van der Waals surface area (Å²) in [6.07, 6.45) is 9.19. The van der Waals surface area contributed by atoms with E-state index >= 15 is 0 Å². The molecule has 0 bridgehead atoms. The number of allylic oxidation sites excluding steroid dienone is 6. The third-order valence-electron chi connectivity index (χ3n) is 6.42. The van der Waals surface area contributed by atoms with Crippen LogP contribution < -0.4 is 14.2 Å². The Bertz CT molecular complexity index is 1570. The number of carbonyl (C=O) groups is 3. The molecule has 0 aliphatic rings. The number of furan rings is 1. The second-order valence-electron chi connectivity index (χ2n) is 10.9. The first-order valence-electron chi connectivity index (χ1n) is 14.0. The summed E-state index contributed by atoms with van der Waals surface area (Å²) in [6, 6.07) is 8.75. The molecule has 0 atom stereocenters. The Morgan fingerprint density at radius 1 is 0.690 bits per heavy atom. The summed E-state index contributed by atoms with van der Waals surface area (Å²) in [7, 11) is 0. The summed E-state index contributed by atoms with van der Waals surface area (Å²) in [6.45, 7) is 14.2. The molecule has 1 aromatic heterocycles. The summed E-state index contributed by atoms with van der Waals surface area (Å²) < 4.78 is 23.0. The van der Waals surface area contributed by atoms with E-state index in [0.29, 0.717) is 41.1 Å². The second kappa shape index (κ2) is 14.5. The SMILES string of the molecule is CC(=O)Oc1cc(OC(C)=O)c(CC=C(C)C)c(-c2cc3ccc(OC(C)=O)c(C/C=C(\C)CCC=C(C)C)c3o2)c1. The molecule has 2 aromatic carbocycles. The highest BCUT2D eigenvalue weighted by atomic mass is 16.5. The van der Waals surface area contributed by atoms with Crippen molar-refractivity contribution >= 4 is 28.9 Å². The Kier molecular flexibility index (Phi) is 11.1. The van der Waals surface area contributed by atoms with E-state index in [0.717, 1.165) is 29.4 Å². The van der Waals surface area contributed by atoms with E-state index in [4.69, 9.17) is 18.6 Å². The molecule has 0 spiro atoms. The van der Waals surface area contributed by atoms with Crippen molar-refractivity contribution in [3.05, 3.63) is 76.4 Å². The fourth-order valence-corrected chi connectivity index (χ4v) is 4.51. The first-order valence-corrected chi connectivity index (χ1v) is 14.0. The summed E-state index contributed by atoms with van der Waals surface area (Å²) in [5.74, 6) is 0.0189. The number of rotatable bonds is 11. The van der Waals surface area contributed by atoms with Gasteiger partial charge in [-0.2, -0.15) is 0 Å². The summed E-state index contributed by atoms with van der Waals surface area (Å²) >= 11 is 0. The summed E-state index contributed by atoms with van der Waals surface area (Å²) in [4.78, 5) is 35.8. The number of esters is 3. The monoisotopic (exact) mass is 572 g/mol. The average molecular weight is 573 g/mol. The van der Waals surface area contributed by atoms with E-state index in [-0.39, 0.29) is 11.5 Å². The molecule has 0 N–H and O–H groups in total. The Labute approximate surface area is 247 Å². The van der Waals surface area contributed by atoms with Crippen LogP contribution in [0.2, 0.25) is 0 Å². The molecule has 0 saturated heterocycles. The minimum absolute atomic E-state index is 0.228. The topological polar surface area (TPSA) is 92.0 Å². The molecule has 7 heteroatoms. The van der Waals surface area contributed by atoms with Gasteiger partial charge in [0.25, 0.3) is 0 Å². The van der Waals surface area contributed by atoms with Gasteiger partial charge in [-0.3, -0.25) is 14.4 Å². The number of carbonyl (C=O) groups excluding carboxylic acids is 3. The zero-order valence-electron chi connectivity index (χ0n) is 25.8. The largest absolute Gasteiger partial charge is 0.456 e. The van der Waals surface area contributed by atoms with Crippen molar-refractivity contribution < 1.29 is 33.0 Å². The van der Waals surface area contributed by atoms with Crippen LogP contribution >= 0.6 is 0 Å². The lowest BCUT2D eigenvalue weighted by Gasteiger charge is -2.14. The minimum Gasteiger partial charge on any atom is -0.456 e. The standard InChI is InChI=1S/C35H40O7/c1-21(2)10-9-11-23(5)13-16-30-32(40-25(7)37)17-14-27-18-33(42-35(27)30)31-19-28(39-24(6)36)20-34(41-26(8)38)29(31)15-12-22(3)4/h10,12-14,17-20H,9,11,15-16H2,1-8H3/b23-13+. The molecule has 0 fully saturated rings. The third-order valence-corrected chi connectivity index (χ3v) is 6.42. The molecule has 0 unspecified atom stereocenters. The van der Waals surface area contributed by atoms with Crippen LogP contribution in [-0.4, -0.2) is 17.9 Å². The number of hydrogen-bond donors (Lipinski definition) is 0. The predicted molar refractivity (Wildman–Crippen MR) is 165 cm³/mol. The van der Waals surface area contributed by atoms with Crippen LogP contribution in [0.1, 0.15) is 79.4 Å². The van der Waals surface area contributed by atoms with Crippen molar-refractivity contribution in [3.8, 4) is 28.6 Å². The molecule has 0 saturated carbocycles. The molecule has 7 nitrogen and oxygen atoms in total. The average Bonchev–Trinajstić information content (AvgIpc) is 3.30. The maximum absolute atomic E-state index is 12.0. The van der Waals surface area contributed by atoms with Crippen LogP contribution in [-0.2, 0) is 27.2 Å². The molecular weight excluding hydrogens is 532 g/mol. The fraction of sp³-hybridized carbons (Fsp3) is 0.343. The highest BCUT2D eigenvalue weighted by Crippen LogP contribution is 2.41. The van der Waals surface area contributed by atoms with Gasteiger partial charge in [0.2, 0.25) is 0 Å². The summed E-state index contributed by atoms with van der Waals surface area (Å²) in [5.41, 5.74) is 6.24. The lowest BCUT2D eigenvalue weighted by atomic mass is 9.99. The normalized spacial score (nSPS) is 11.2. The number of hydrogen-bond acceptors (Lipinski definition) is 7. The van der Waals surface area contributed by atoms with Crippen LogP contribution in [0.4, 0.5) is 0 Å². The number of ether oxygens (including phenoxy) is 3. The Morgan fingerprint density at radius 3 is 1.93 bits per heavy atom. The molecule has 0 radical (unpaired) electrons. The van der Waals surface area contributed by atoms with Crippen molar-refractivity contribution in [3.63, 3.8) is 0 Å². The zero-order valence-corrected chi connectivity index (χ0v) is 25.8. The van der Waals surface area contributed by atoms with E-state index in [1.54, 1.807) is 12.1 Å². The van der Waals surface area contributed by atoms with Gasteiger partial charge in [-0.25, -0.2) is 0 Å². The maximum Gasteiger partial charge on any atom is 0.308 e. The van der Waals surface area contributed by atoms with Gasteiger partial charge in [0, 0.05) is 48.9 Å². The molecule has 0 amide bonds. The molecule has 3 rings (SSSR count). The van der Waals surface area contributed by atoms with Crippen LogP contribution in [0, 0.1) is 0 Å². The van der Waals surface area contributed by atoms with Crippen molar-refractivity contribution in [2.45, 2.75) is 81.1 Å². The van der Waals surface area contributed by atoms with Crippen molar-refractivity contribution in [2.75, 3.05) is 0 Å². The highest BCUT2D eigenvalue weighted by Gasteiger charge is 2.21. The zero-order chi connectivity index (χ0) is 31.0. The van der Waals surface area contributed by atoms with Crippen molar-refractivity contribution in [1.82, 2.24) is 0 Å². The van der Waals surface area contributed by atoms with E-state index in [9.17, 15) is 14.4 Å². The van der Waals surface area contributed by atoms with Crippen molar-refractivity contribution in [1.29, 1.82) is 0 Å². The minimum atomic E-state index is -0.503. The van der Waals surface area contributed by atoms with E-state index < -0.39 is 17.9 Å². The van der Waals surface area contributed by atoms with Gasteiger partial charge in [0.1, 0.15) is 28.6 Å². The number of fused-ring (bicyclic) bond motifs is 1. The van der Waals surface area contributed by atoms with Crippen LogP contribution in [0.25, 0.3) is 22.3 Å². The molecule has 1 heterocycles. The summed E-state index contributed by atoms with van der Waals surface area (Å²) in [5, 5.41) is 0.812. The first kappa shape index (κ1) is 32.1. The van der Waals surface area contributed by atoms with E-state index in [2.05, 4.69) is 32.9 Å². The van der Waals surface area contributed by atoms with Crippen molar-refractivity contribution in [2.24, 2.45) is 0 Å². The smallest absolute Gasteiger partial charge is 0.308 e. The van der Waals surface area contributed by atoms with Crippen LogP contribution in [0.15, 0.2) is 69.7 Å². The lowest BCUT2D eigenvalue weighted by molar-refractivity contribution is -0.133. The van der Waals surface area contributed by atoms with Gasteiger partial charge in [-0.15, -0.1) is 0 Å². The number of benzene rings is 2. The fourth-order valence-electron chi connectivity index (χ4n) is 4.51. The lowest BCUT2D eigenvalue weighted by Crippen LogP contribution is -2.07. The Morgan fingerprint density at radius 2 is 1.31 bits per heavy atom. The third kappa shape index (κ3) is 9.06.